The Bertz CT molecular complexity index is 892. The first-order chi connectivity index (χ1) is 12.2. The van der Waals surface area contributed by atoms with Gasteiger partial charge in [0.25, 0.3) is 5.91 Å². The Morgan fingerprint density at radius 2 is 2.24 bits per heavy atom. The molecule has 0 saturated carbocycles. The monoisotopic (exact) mass is 373 g/mol. The zero-order valence-corrected chi connectivity index (χ0v) is 15.0. The van der Waals surface area contributed by atoms with Gasteiger partial charge < -0.3 is 0 Å². The zero-order chi connectivity index (χ0) is 17.2. The molecule has 0 fully saturated rings. The van der Waals surface area contributed by atoms with Gasteiger partial charge >= 0.3 is 0 Å². The quantitative estimate of drug-likeness (QED) is 0.747. The first kappa shape index (κ1) is 16.4. The highest BCUT2D eigenvalue weighted by atomic mass is 32.1. The third-order valence-electron chi connectivity index (χ3n) is 4.07. The van der Waals surface area contributed by atoms with Gasteiger partial charge in [0.2, 0.25) is 0 Å². The molecule has 1 aliphatic heterocycles. The standard InChI is InChI=1S/C18H16FN3OS2/c19-13-4-1-3-12(9-13)10-22-7-6-14-16(11-22)25-18(20-14)21-17(23)15-5-2-8-24-15/h1-5,8-9H,6-7,10-11H2,(H,20,21,23). The van der Waals surface area contributed by atoms with E-state index in [4.69, 9.17) is 0 Å². The van der Waals surface area contributed by atoms with Crippen LogP contribution in [-0.2, 0) is 19.5 Å². The number of halogens is 1. The topological polar surface area (TPSA) is 45.2 Å². The molecule has 0 bridgehead atoms. The van der Waals surface area contributed by atoms with Crippen molar-refractivity contribution in [3.05, 3.63) is 68.6 Å². The molecule has 0 unspecified atom stereocenters. The average molecular weight is 373 g/mol. The molecular weight excluding hydrogens is 357 g/mol. The number of nitrogens with zero attached hydrogens (tertiary/aromatic N) is 2. The van der Waals surface area contributed by atoms with E-state index in [1.165, 1.54) is 33.6 Å². The summed E-state index contributed by atoms with van der Waals surface area (Å²) in [6.45, 7) is 2.37. The molecule has 128 valence electrons. The first-order valence-electron chi connectivity index (χ1n) is 7.97. The van der Waals surface area contributed by atoms with Crippen LogP contribution in [0, 0.1) is 5.82 Å². The van der Waals surface area contributed by atoms with E-state index in [0.717, 1.165) is 30.8 Å². The van der Waals surface area contributed by atoms with Crippen molar-refractivity contribution in [2.45, 2.75) is 19.5 Å². The number of thiophene rings is 1. The van der Waals surface area contributed by atoms with Crippen LogP contribution in [-0.4, -0.2) is 22.3 Å². The van der Waals surface area contributed by atoms with Crippen molar-refractivity contribution in [1.82, 2.24) is 9.88 Å². The number of carbonyl (C=O) groups excluding carboxylic acids is 1. The number of hydrogen-bond donors (Lipinski definition) is 1. The second-order valence-corrected chi connectivity index (χ2v) is 7.94. The van der Waals surface area contributed by atoms with Crippen molar-refractivity contribution in [3.63, 3.8) is 0 Å². The molecule has 7 heteroatoms. The second kappa shape index (κ2) is 7.03. The maximum Gasteiger partial charge on any atom is 0.267 e. The number of thiazole rings is 1. The van der Waals surface area contributed by atoms with Crippen molar-refractivity contribution < 1.29 is 9.18 Å². The third kappa shape index (κ3) is 3.78. The fraction of sp³-hybridized carbons (Fsp3) is 0.222. The molecule has 1 N–H and O–H groups in total. The summed E-state index contributed by atoms with van der Waals surface area (Å²) in [6, 6.07) is 10.4. The van der Waals surface area contributed by atoms with Crippen LogP contribution >= 0.6 is 22.7 Å². The van der Waals surface area contributed by atoms with Gasteiger partial charge in [0.05, 0.1) is 10.6 Å². The molecule has 1 aliphatic rings. The van der Waals surface area contributed by atoms with E-state index in [2.05, 4.69) is 15.2 Å². The summed E-state index contributed by atoms with van der Waals surface area (Å²) < 4.78 is 13.3. The third-order valence-corrected chi connectivity index (χ3v) is 5.94. The van der Waals surface area contributed by atoms with Crippen molar-refractivity contribution in [1.29, 1.82) is 0 Å². The number of carbonyl (C=O) groups is 1. The van der Waals surface area contributed by atoms with Gasteiger partial charge in [-0.15, -0.1) is 22.7 Å². The van der Waals surface area contributed by atoms with Crippen molar-refractivity contribution in [2.24, 2.45) is 0 Å². The fourth-order valence-corrected chi connectivity index (χ4v) is 4.56. The predicted octanol–water partition coefficient (Wildman–Crippen LogP) is 4.15. The van der Waals surface area contributed by atoms with Crippen LogP contribution in [0.4, 0.5) is 9.52 Å². The highest BCUT2D eigenvalue weighted by molar-refractivity contribution is 7.16. The van der Waals surface area contributed by atoms with E-state index in [1.807, 2.05) is 17.5 Å². The van der Waals surface area contributed by atoms with Crippen LogP contribution in [0.15, 0.2) is 41.8 Å². The smallest absolute Gasteiger partial charge is 0.267 e. The summed E-state index contributed by atoms with van der Waals surface area (Å²) in [7, 11) is 0. The maximum absolute atomic E-state index is 13.3. The molecule has 0 radical (unpaired) electrons. The van der Waals surface area contributed by atoms with Crippen LogP contribution < -0.4 is 5.32 Å². The summed E-state index contributed by atoms with van der Waals surface area (Å²) in [5.74, 6) is -0.315. The van der Waals surface area contributed by atoms with Gasteiger partial charge in [-0.1, -0.05) is 18.2 Å². The second-order valence-electron chi connectivity index (χ2n) is 5.91. The Morgan fingerprint density at radius 1 is 1.32 bits per heavy atom. The molecule has 4 nitrogen and oxygen atoms in total. The Labute approximate surface area is 153 Å². The molecule has 0 saturated heterocycles. The Kier molecular flexibility index (Phi) is 4.61. The minimum absolute atomic E-state index is 0.113. The number of benzene rings is 1. The Hall–Kier alpha value is -2.09. The van der Waals surface area contributed by atoms with Gasteiger partial charge in [0.1, 0.15) is 5.82 Å². The van der Waals surface area contributed by atoms with Gasteiger partial charge in [-0.3, -0.25) is 15.0 Å². The van der Waals surface area contributed by atoms with Crippen LogP contribution in [0.3, 0.4) is 0 Å². The first-order valence-corrected chi connectivity index (χ1v) is 9.67. The zero-order valence-electron chi connectivity index (χ0n) is 13.4. The molecular formula is C18H16FN3OS2. The number of fused-ring (bicyclic) bond motifs is 1. The molecule has 3 heterocycles. The molecule has 0 spiro atoms. The summed E-state index contributed by atoms with van der Waals surface area (Å²) in [4.78, 5) is 20.8. The predicted molar refractivity (Wildman–Crippen MR) is 98.6 cm³/mol. The van der Waals surface area contributed by atoms with E-state index in [0.29, 0.717) is 16.6 Å². The van der Waals surface area contributed by atoms with Crippen molar-refractivity contribution in [2.75, 3.05) is 11.9 Å². The molecule has 2 aromatic heterocycles. The van der Waals surface area contributed by atoms with E-state index in [-0.39, 0.29) is 11.7 Å². The fourth-order valence-electron chi connectivity index (χ4n) is 2.90. The summed E-state index contributed by atoms with van der Waals surface area (Å²) >= 11 is 2.94. The number of anilines is 1. The lowest BCUT2D eigenvalue weighted by Crippen LogP contribution is -2.29. The lowest BCUT2D eigenvalue weighted by Gasteiger charge is -2.25. The van der Waals surface area contributed by atoms with Gasteiger partial charge in [-0.2, -0.15) is 0 Å². The maximum atomic E-state index is 13.3. The van der Waals surface area contributed by atoms with Gasteiger partial charge in [0, 0.05) is 30.9 Å². The van der Waals surface area contributed by atoms with Gasteiger partial charge in [-0.25, -0.2) is 9.37 Å². The molecule has 1 aromatic carbocycles. The summed E-state index contributed by atoms with van der Waals surface area (Å²) in [6.07, 6.45) is 0.843. The lowest BCUT2D eigenvalue weighted by molar-refractivity contribution is 0.103. The minimum Gasteiger partial charge on any atom is -0.297 e. The van der Waals surface area contributed by atoms with Crippen molar-refractivity contribution >= 4 is 33.7 Å². The number of nitrogens with one attached hydrogen (secondary N) is 1. The van der Waals surface area contributed by atoms with E-state index < -0.39 is 0 Å². The van der Waals surface area contributed by atoms with Crippen LogP contribution in [0.1, 0.15) is 25.8 Å². The normalized spacial score (nSPS) is 14.3. The number of hydrogen-bond acceptors (Lipinski definition) is 5. The van der Waals surface area contributed by atoms with E-state index in [1.54, 1.807) is 18.2 Å². The molecule has 3 aromatic rings. The number of aromatic nitrogens is 1. The Balaban J connectivity index is 1.43. The number of rotatable bonds is 4. The molecule has 25 heavy (non-hydrogen) atoms. The highest BCUT2D eigenvalue weighted by Gasteiger charge is 2.22. The minimum atomic E-state index is -0.202. The average Bonchev–Trinajstić information content (AvgIpc) is 3.23. The van der Waals surface area contributed by atoms with E-state index in [9.17, 15) is 9.18 Å². The largest absolute Gasteiger partial charge is 0.297 e. The Morgan fingerprint density at radius 3 is 3.04 bits per heavy atom. The van der Waals surface area contributed by atoms with E-state index >= 15 is 0 Å². The molecule has 4 rings (SSSR count). The van der Waals surface area contributed by atoms with Crippen molar-refractivity contribution in [3.8, 4) is 0 Å². The van der Waals surface area contributed by atoms with Gasteiger partial charge in [-0.05, 0) is 29.1 Å². The summed E-state index contributed by atoms with van der Waals surface area (Å²) in [5, 5.41) is 5.41. The van der Waals surface area contributed by atoms with Crippen LogP contribution in [0.5, 0.6) is 0 Å². The summed E-state index contributed by atoms with van der Waals surface area (Å²) in [5.41, 5.74) is 2.03. The number of amides is 1. The highest BCUT2D eigenvalue weighted by Crippen LogP contribution is 2.29. The lowest BCUT2D eigenvalue weighted by atomic mass is 10.1. The van der Waals surface area contributed by atoms with Crippen LogP contribution in [0.25, 0.3) is 0 Å². The molecule has 1 amide bonds. The molecule has 0 atom stereocenters. The SMILES string of the molecule is O=C(Nc1nc2c(s1)CN(Cc1cccc(F)c1)CC2)c1cccs1. The van der Waals surface area contributed by atoms with Crippen LogP contribution in [0.2, 0.25) is 0 Å². The van der Waals surface area contributed by atoms with Gasteiger partial charge in [0.15, 0.2) is 5.13 Å². The molecule has 0 aliphatic carbocycles.